The number of carbonyl (C=O) groups is 2. The van der Waals surface area contributed by atoms with Crippen molar-refractivity contribution in [1.29, 1.82) is 0 Å². The molecule has 0 amide bonds. The topological polar surface area (TPSA) is 71.1 Å². The third kappa shape index (κ3) is 8.34. The van der Waals surface area contributed by atoms with E-state index in [4.69, 9.17) is 18.9 Å². The minimum absolute atomic E-state index is 0.208. The van der Waals surface area contributed by atoms with E-state index in [2.05, 4.69) is 0 Å². The van der Waals surface area contributed by atoms with Crippen LogP contribution < -0.4 is 0 Å². The molecule has 6 nitrogen and oxygen atoms in total. The lowest BCUT2D eigenvalue weighted by Crippen LogP contribution is -2.46. The van der Waals surface area contributed by atoms with Gasteiger partial charge in [-0.1, -0.05) is 27.7 Å². The van der Waals surface area contributed by atoms with Gasteiger partial charge in [-0.25, -0.2) is 9.59 Å². The Kier molecular flexibility index (Phi) is 10.8. The first-order chi connectivity index (χ1) is 10.3. The van der Waals surface area contributed by atoms with Gasteiger partial charge in [0.25, 0.3) is 0 Å². The van der Waals surface area contributed by atoms with Gasteiger partial charge in [0.05, 0.1) is 26.4 Å². The molecule has 0 radical (unpaired) electrons. The third-order valence-corrected chi connectivity index (χ3v) is 2.53. The Morgan fingerprint density at radius 3 is 1.27 bits per heavy atom. The van der Waals surface area contributed by atoms with Crippen LogP contribution in [0.2, 0.25) is 0 Å². The fourth-order valence-corrected chi connectivity index (χ4v) is 1.60. The fourth-order valence-electron chi connectivity index (χ4n) is 1.60. The standard InChI is InChI=1S/C16H30O6/c1-7-19-15(17)13(21-9-11(3)4)14(16(18)20-8-2)22-10-12(5)6/h11-14H,7-10H2,1-6H3. The molecule has 22 heavy (non-hydrogen) atoms. The predicted molar refractivity (Wildman–Crippen MR) is 82.4 cm³/mol. The maximum absolute atomic E-state index is 12.1. The zero-order valence-corrected chi connectivity index (χ0v) is 14.6. The Bertz CT molecular complexity index is 295. The molecule has 0 aromatic rings. The van der Waals surface area contributed by atoms with Crippen molar-refractivity contribution in [3.63, 3.8) is 0 Å². The third-order valence-electron chi connectivity index (χ3n) is 2.53. The molecule has 0 aliphatic heterocycles. The molecule has 2 atom stereocenters. The molecular weight excluding hydrogens is 288 g/mol. The number of hydrogen-bond acceptors (Lipinski definition) is 6. The fraction of sp³-hybridized carbons (Fsp3) is 0.875. The van der Waals surface area contributed by atoms with Gasteiger partial charge in [0.1, 0.15) is 0 Å². The number of esters is 2. The second kappa shape index (κ2) is 11.4. The van der Waals surface area contributed by atoms with Crippen LogP contribution in [0.25, 0.3) is 0 Å². The van der Waals surface area contributed by atoms with E-state index in [1.54, 1.807) is 13.8 Å². The second-order valence-electron chi connectivity index (χ2n) is 5.80. The van der Waals surface area contributed by atoms with E-state index in [0.29, 0.717) is 13.2 Å². The summed E-state index contributed by atoms with van der Waals surface area (Å²) >= 11 is 0. The molecule has 6 heteroatoms. The molecule has 0 aliphatic carbocycles. The van der Waals surface area contributed by atoms with Crippen molar-refractivity contribution in [2.75, 3.05) is 26.4 Å². The van der Waals surface area contributed by atoms with Crippen molar-refractivity contribution in [2.24, 2.45) is 11.8 Å². The molecule has 2 unspecified atom stereocenters. The largest absolute Gasteiger partial charge is 0.464 e. The summed E-state index contributed by atoms with van der Waals surface area (Å²) in [5, 5.41) is 0. The van der Waals surface area contributed by atoms with Gasteiger partial charge in [-0.15, -0.1) is 0 Å². The average molecular weight is 318 g/mol. The van der Waals surface area contributed by atoms with E-state index in [-0.39, 0.29) is 25.0 Å². The summed E-state index contributed by atoms with van der Waals surface area (Å²) in [6.45, 7) is 12.3. The van der Waals surface area contributed by atoms with Crippen molar-refractivity contribution in [3.05, 3.63) is 0 Å². The Balaban J connectivity index is 5.11. The molecule has 130 valence electrons. The molecule has 0 heterocycles. The monoisotopic (exact) mass is 318 g/mol. The van der Waals surface area contributed by atoms with Crippen molar-refractivity contribution in [2.45, 2.75) is 53.8 Å². The zero-order chi connectivity index (χ0) is 17.1. The Labute approximate surface area is 133 Å². The van der Waals surface area contributed by atoms with Crippen molar-refractivity contribution in [3.8, 4) is 0 Å². The van der Waals surface area contributed by atoms with E-state index in [1.165, 1.54) is 0 Å². The maximum atomic E-state index is 12.1. The summed E-state index contributed by atoms with van der Waals surface area (Å²) in [5.74, 6) is -0.787. The SMILES string of the molecule is CCOC(=O)C(OCC(C)C)C(OCC(C)C)C(=O)OCC. The van der Waals surface area contributed by atoms with Crippen LogP contribution in [0.4, 0.5) is 0 Å². The van der Waals surface area contributed by atoms with Gasteiger partial charge in [-0.2, -0.15) is 0 Å². The molecule has 0 bridgehead atoms. The van der Waals surface area contributed by atoms with E-state index in [1.807, 2.05) is 27.7 Å². The lowest BCUT2D eigenvalue weighted by molar-refractivity contribution is -0.184. The van der Waals surface area contributed by atoms with Gasteiger partial charge in [0.15, 0.2) is 12.2 Å². The lowest BCUT2D eigenvalue weighted by atomic mass is 10.1. The molecule has 0 saturated carbocycles. The van der Waals surface area contributed by atoms with Crippen LogP contribution in [0, 0.1) is 11.8 Å². The summed E-state index contributed by atoms with van der Waals surface area (Å²) < 4.78 is 21.2. The van der Waals surface area contributed by atoms with Crippen LogP contribution in [0.15, 0.2) is 0 Å². The predicted octanol–water partition coefficient (Wildman–Crippen LogP) is 2.20. The van der Waals surface area contributed by atoms with Crippen molar-refractivity contribution in [1.82, 2.24) is 0 Å². The van der Waals surface area contributed by atoms with Crippen LogP contribution in [0.5, 0.6) is 0 Å². The highest BCUT2D eigenvalue weighted by atomic mass is 16.6. The first-order valence-electron chi connectivity index (χ1n) is 7.89. The van der Waals surface area contributed by atoms with Gasteiger partial charge >= 0.3 is 11.9 Å². The van der Waals surface area contributed by atoms with Crippen molar-refractivity contribution >= 4 is 11.9 Å². The zero-order valence-electron chi connectivity index (χ0n) is 14.6. The van der Waals surface area contributed by atoms with Gasteiger partial charge in [-0.3, -0.25) is 0 Å². The highest BCUT2D eigenvalue weighted by Gasteiger charge is 2.38. The van der Waals surface area contributed by atoms with Crippen molar-refractivity contribution < 1.29 is 28.5 Å². The van der Waals surface area contributed by atoms with E-state index in [9.17, 15) is 9.59 Å². The lowest BCUT2D eigenvalue weighted by Gasteiger charge is -2.25. The first-order valence-corrected chi connectivity index (χ1v) is 7.89. The summed E-state index contributed by atoms with van der Waals surface area (Å²) in [5.41, 5.74) is 0. The highest BCUT2D eigenvalue weighted by molar-refractivity contribution is 5.85. The summed E-state index contributed by atoms with van der Waals surface area (Å²) in [6, 6.07) is 0. The summed E-state index contributed by atoms with van der Waals surface area (Å²) in [7, 11) is 0. The maximum Gasteiger partial charge on any atom is 0.338 e. The molecule has 0 aliphatic rings. The normalized spacial score (nSPS) is 14.0. The van der Waals surface area contributed by atoms with Crippen LogP contribution in [0.1, 0.15) is 41.5 Å². The average Bonchev–Trinajstić information content (AvgIpc) is 2.42. The minimum Gasteiger partial charge on any atom is -0.464 e. The molecular formula is C16H30O6. The molecule has 0 aromatic heterocycles. The molecule has 0 saturated heterocycles. The number of rotatable bonds is 11. The van der Waals surface area contributed by atoms with E-state index >= 15 is 0 Å². The number of ether oxygens (including phenoxy) is 4. The molecule has 0 fully saturated rings. The van der Waals surface area contributed by atoms with Crippen LogP contribution in [-0.2, 0) is 28.5 Å². The first kappa shape index (κ1) is 20.9. The Morgan fingerprint density at radius 2 is 1.05 bits per heavy atom. The van der Waals surface area contributed by atoms with Crippen LogP contribution in [0.3, 0.4) is 0 Å². The van der Waals surface area contributed by atoms with Gasteiger partial charge in [0, 0.05) is 0 Å². The Morgan fingerprint density at radius 1 is 0.727 bits per heavy atom. The molecule has 0 rings (SSSR count). The van der Waals surface area contributed by atoms with Gasteiger partial charge < -0.3 is 18.9 Å². The summed E-state index contributed by atoms with van der Waals surface area (Å²) in [6.07, 6.45) is -2.22. The molecule has 0 aromatic carbocycles. The highest BCUT2D eigenvalue weighted by Crippen LogP contribution is 2.13. The molecule has 0 N–H and O–H groups in total. The quantitative estimate of drug-likeness (QED) is 0.544. The summed E-state index contributed by atoms with van der Waals surface area (Å²) in [4.78, 5) is 24.2. The number of carbonyl (C=O) groups excluding carboxylic acids is 2. The Hall–Kier alpha value is -1.14. The van der Waals surface area contributed by atoms with Gasteiger partial charge in [0.2, 0.25) is 0 Å². The minimum atomic E-state index is -1.11. The van der Waals surface area contributed by atoms with Crippen LogP contribution in [-0.4, -0.2) is 50.6 Å². The molecule has 0 spiro atoms. The second-order valence-corrected chi connectivity index (χ2v) is 5.80. The number of hydrogen-bond donors (Lipinski definition) is 0. The van der Waals surface area contributed by atoms with Crippen LogP contribution >= 0.6 is 0 Å². The smallest absolute Gasteiger partial charge is 0.338 e. The van der Waals surface area contributed by atoms with E-state index in [0.717, 1.165) is 0 Å². The van der Waals surface area contributed by atoms with Gasteiger partial charge in [-0.05, 0) is 25.7 Å². The van der Waals surface area contributed by atoms with E-state index < -0.39 is 24.1 Å².